The molecule has 144 valence electrons. The Hall–Kier alpha value is -2.29. The van der Waals surface area contributed by atoms with Gasteiger partial charge in [0.1, 0.15) is 5.69 Å². The molecule has 1 aromatic carbocycles. The minimum Gasteiger partial charge on any atom is -0.378 e. The monoisotopic (exact) mass is 410 g/mol. The summed E-state index contributed by atoms with van der Waals surface area (Å²) in [4.78, 5) is 22.8. The summed E-state index contributed by atoms with van der Waals surface area (Å²) in [6, 6.07) is 4.95. The Balaban J connectivity index is 1.75. The van der Waals surface area contributed by atoms with Gasteiger partial charge in [-0.3, -0.25) is 0 Å². The van der Waals surface area contributed by atoms with E-state index in [2.05, 4.69) is 25.9 Å². The Morgan fingerprint density at radius 2 is 2.04 bits per heavy atom. The van der Waals surface area contributed by atoms with Crippen molar-refractivity contribution < 1.29 is 9.53 Å². The van der Waals surface area contributed by atoms with E-state index in [9.17, 15) is 4.79 Å². The summed E-state index contributed by atoms with van der Waals surface area (Å²) >= 11 is 12.0. The molecule has 1 aliphatic heterocycles. The topological polar surface area (TPSA) is 91.4 Å². The average molecular weight is 411 g/mol. The molecule has 1 saturated heterocycles. The molecule has 3 N–H and O–H groups in total. The van der Waals surface area contributed by atoms with Gasteiger partial charge in [-0.25, -0.2) is 9.78 Å². The molecule has 0 aliphatic carbocycles. The predicted octanol–water partition coefficient (Wildman–Crippen LogP) is 3.82. The van der Waals surface area contributed by atoms with E-state index >= 15 is 0 Å². The van der Waals surface area contributed by atoms with Crippen molar-refractivity contribution in [3.63, 3.8) is 0 Å². The van der Waals surface area contributed by atoms with Crippen LogP contribution in [0.25, 0.3) is 0 Å². The number of nitrogens with zero attached hydrogens (tertiary/aromatic N) is 3. The summed E-state index contributed by atoms with van der Waals surface area (Å²) in [7, 11) is 0. The van der Waals surface area contributed by atoms with E-state index in [1.54, 1.807) is 29.3 Å². The summed E-state index contributed by atoms with van der Waals surface area (Å²) in [6.45, 7) is 4.78. The number of carbonyl (C=O) groups excluding carboxylic acids is 1. The molecule has 10 heteroatoms. The molecule has 2 amide bonds. The molecule has 0 spiro atoms. The van der Waals surface area contributed by atoms with E-state index in [1.807, 2.05) is 6.92 Å². The number of morpholine rings is 1. The third-order valence-corrected chi connectivity index (χ3v) is 4.59. The number of ether oxygens (including phenoxy) is 1. The van der Waals surface area contributed by atoms with Crippen molar-refractivity contribution in [2.45, 2.75) is 6.92 Å². The van der Waals surface area contributed by atoms with Crippen LogP contribution >= 0.6 is 23.2 Å². The first-order valence-corrected chi connectivity index (χ1v) is 9.29. The maximum absolute atomic E-state index is 12.4. The van der Waals surface area contributed by atoms with Crippen LogP contribution in [-0.2, 0) is 4.74 Å². The molecule has 27 heavy (non-hydrogen) atoms. The fourth-order valence-electron chi connectivity index (χ4n) is 2.50. The lowest BCUT2D eigenvalue weighted by molar-refractivity contribution is 0.0564. The van der Waals surface area contributed by atoms with Crippen molar-refractivity contribution in [1.82, 2.24) is 14.9 Å². The van der Waals surface area contributed by atoms with Crippen molar-refractivity contribution in [3.8, 4) is 0 Å². The number of nitrogens with one attached hydrogen (secondary N) is 3. The van der Waals surface area contributed by atoms with E-state index < -0.39 is 0 Å². The second kappa shape index (κ2) is 9.07. The number of halogens is 2. The number of urea groups is 1. The van der Waals surface area contributed by atoms with Crippen LogP contribution < -0.4 is 16.0 Å². The van der Waals surface area contributed by atoms with Crippen LogP contribution in [-0.4, -0.2) is 53.7 Å². The van der Waals surface area contributed by atoms with Gasteiger partial charge in [-0.05, 0) is 25.1 Å². The van der Waals surface area contributed by atoms with Gasteiger partial charge in [0.15, 0.2) is 5.82 Å². The molecule has 3 rings (SSSR count). The molecule has 0 bridgehead atoms. The SMILES string of the molecule is CCNc1nc(Nc2ccc(Cl)c(Cl)c2)ncc1NC(=O)N1CCOCC1. The van der Waals surface area contributed by atoms with Gasteiger partial charge in [-0.15, -0.1) is 0 Å². The predicted molar refractivity (Wildman–Crippen MR) is 107 cm³/mol. The van der Waals surface area contributed by atoms with Gasteiger partial charge in [0.2, 0.25) is 5.95 Å². The van der Waals surface area contributed by atoms with E-state index in [-0.39, 0.29) is 6.03 Å². The molecule has 2 heterocycles. The molecular weight excluding hydrogens is 391 g/mol. The Kier molecular flexibility index (Phi) is 6.54. The summed E-state index contributed by atoms with van der Waals surface area (Å²) in [5.41, 5.74) is 1.21. The number of hydrogen-bond donors (Lipinski definition) is 3. The number of amides is 2. The number of anilines is 4. The number of aromatic nitrogens is 2. The second-order valence-corrected chi connectivity index (χ2v) is 6.58. The highest BCUT2D eigenvalue weighted by Gasteiger charge is 2.18. The molecule has 1 aromatic heterocycles. The summed E-state index contributed by atoms with van der Waals surface area (Å²) in [5, 5.41) is 9.96. The maximum atomic E-state index is 12.4. The standard InChI is InChI=1S/C17H20Cl2N6O2/c1-2-20-15-14(23-17(26)25-5-7-27-8-6-25)10-21-16(24-15)22-11-3-4-12(18)13(19)9-11/h3-4,9-10H,2,5-8H2,1H3,(H,23,26)(H2,20,21,22,24). The van der Waals surface area contributed by atoms with Gasteiger partial charge < -0.3 is 25.6 Å². The van der Waals surface area contributed by atoms with Gasteiger partial charge in [-0.2, -0.15) is 4.98 Å². The van der Waals surface area contributed by atoms with Crippen LogP contribution in [0.5, 0.6) is 0 Å². The number of carbonyl (C=O) groups is 1. The molecule has 0 saturated carbocycles. The normalized spacial score (nSPS) is 14.0. The van der Waals surface area contributed by atoms with E-state index in [0.717, 1.165) is 0 Å². The van der Waals surface area contributed by atoms with Gasteiger partial charge in [0, 0.05) is 25.3 Å². The Labute approximate surface area is 167 Å². The second-order valence-electron chi connectivity index (χ2n) is 5.77. The molecule has 2 aromatic rings. The molecular formula is C17H20Cl2N6O2. The summed E-state index contributed by atoms with van der Waals surface area (Å²) < 4.78 is 5.27. The molecule has 1 fully saturated rings. The molecule has 0 unspecified atom stereocenters. The van der Waals surface area contributed by atoms with Crippen LogP contribution in [0, 0.1) is 0 Å². The van der Waals surface area contributed by atoms with Crippen LogP contribution in [0.2, 0.25) is 10.0 Å². The summed E-state index contributed by atoms with van der Waals surface area (Å²) in [6.07, 6.45) is 1.56. The maximum Gasteiger partial charge on any atom is 0.322 e. The number of rotatable bonds is 5. The molecule has 0 radical (unpaired) electrons. The highest BCUT2D eigenvalue weighted by Crippen LogP contribution is 2.27. The zero-order chi connectivity index (χ0) is 19.2. The third kappa shape index (κ3) is 5.12. The fourth-order valence-corrected chi connectivity index (χ4v) is 2.80. The van der Waals surface area contributed by atoms with Crippen LogP contribution in [0.15, 0.2) is 24.4 Å². The lowest BCUT2D eigenvalue weighted by Crippen LogP contribution is -2.43. The third-order valence-electron chi connectivity index (χ3n) is 3.85. The average Bonchev–Trinajstić information content (AvgIpc) is 2.67. The first-order chi connectivity index (χ1) is 13.1. The van der Waals surface area contributed by atoms with Gasteiger partial charge in [0.25, 0.3) is 0 Å². The van der Waals surface area contributed by atoms with Crippen molar-refractivity contribution in [2.75, 3.05) is 48.8 Å². The Morgan fingerprint density at radius 3 is 2.74 bits per heavy atom. The van der Waals surface area contributed by atoms with Crippen molar-refractivity contribution in [1.29, 1.82) is 0 Å². The lowest BCUT2D eigenvalue weighted by Gasteiger charge is -2.27. The Morgan fingerprint density at radius 1 is 1.26 bits per heavy atom. The van der Waals surface area contributed by atoms with Crippen LogP contribution in [0.3, 0.4) is 0 Å². The highest BCUT2D eigenvalue weighted by molar-refractivity contribution is 6.42. The van der Waals surface area contributed by atoms with Gasteiger partial charge in [0.05, 0.1) is 29.5 Å². The number of benzene rings is 1. The van der Waals surface area contributed by atoms with Crippen molar-refractivity contribution in [3.05, 3.63) is 34.4 Å². The summed E-state index contributed by atoms with van der Waals surface area (Å²) in [5.74, 6) is 0.894. The fraction of sp³-hybridized carbons (Fsp3) is 0.353. The minimum atomic E-state index is -0.203. The lowest BCUT2D eigenvalue weighted by atomic mass is 10.3. The van der Waals surface area contributed by atoms with Crippen LogP contribution in [0.1, 0.15) is 6.92 Å². The van der Waals surface area contributed by atoms with Crippen LogP contribution in [0.4, 0.5) is 27.9 Å². The van der Waals surface area contributed by atoms with Crippen molar-refractivity contribution in [2.24, 2.45) is 0 Å². The molecule has 1 aliphatic rings. The first-order valence-electron chi connectivity index (χ1n) is 8.53. The van der Waals surface area contributed by atoms with Gasteiger partial charge in [-0.1, -0.05) is 23.2 Å². The largest absolute Gasteiger partial charge is 0.378 e. The molecule has 0 atom stereocenters. The zero-order valence-electron chi connectivity index (χ0n) is 14.8. The quantitative estimate of drug-likeness (QED) is 0.693. The van der Waals surface area contributed by atoms with Gasteiger partial charge >= 0.3 is 6.03 Å². The Bertz CT molecular complexity index is 814. The number of hydrogen-bond acceptors (Lipinski definition) is 6. The minimum absolute atomic E-state index is 0.203. The van der Waals surface area contributed by atoms with Crippen molar-refractivity contribution >= 4 is 52.4 Å². The highest BCUT2D eigenvalue weighted by atomic mass is 35.5. The smallest absolute Gasteiger partial charge is 0.322 e. The molecule has 8 nitrogen and oxygen atoms in total. The van der Waals surface area contributed by atoms with E-state index in [4.69, 9.17) is 27.9 Å². The zero-order valence-corrected chi connectivity index (χ0v) is 16.3. The first kappa shape index (κ1) is 19.5. The van der Waals surface area contributed by atoms with E-state index in [0.29, 0.717) is 66.0 Å². The van der Waals surface area contributed by atoms with E-state index in [1.165, 1.54) is 0 Å².